The van der Waals surface area contributed by atoms with Gasteiger partial charge in [-0.25, -0.2) is 13.6 Å². The van der Waals surface area contributed by atoms with Crippen molar-refractivity contribution in [2.24, 2.45) is 0 Å². The zero-order valence-electron chi connectivity index (χ0n) is 11.4. The predicted molar refractivity (Wildman–Crippen MR) is 82.9 cm³/mol. The van der Waals surface area contributed by atoms with Crippen LogP contribution < -0.4 is 10.6 Å². The molecule has 3 aromatic rings. The number of amides is 2. The van der Waals surface area contributed by atoms with E-state index in [2.05, 4.69) is 10.6 Å². The van der Waals surface area contributed by atoms with Crippen molar-refractivity contribution in [1.82, 2.24) is 0 Å². The van der Waals surface area contributed by atoms with Crippen LogP contribution in [-0.2, 0) is 0 Å². The van der Waals surface area contributed by atoms with Gasteiger partial charge in [-0.2, -0.15) is 0 Å². The topological polar surface area (TPSA) is 41.1 Å². The summed E-state index contributed by atoms with van der Waals surface area (Å²) in [7, 11) is 0. The Kier molecular flexibility index (Phi) is 3.70. The van der Waals surface area contributed by atoms with E-state index in [0.717, 1.165) is 16.8 Å². The minimum Gasteiger partial charge on any atom is -0.307 e. The van der Waals surface area contributed by atoms with Crippen LogP contribution in [-0.4, -0.2) is 6.03 Å². The van der Waals surface area contributed by atoms with Gasteiger partial charge in [-0.1, -0.05) is 36.4 Å². The second kappa shape index (κ2) is 5.81. The summed E-state index contributed by atoms with van der Waals surface area (Å²) >= 11 is 0. The number of benzene rings is 3. The number of anilines is 2. The lowest BCUT2D eigenvalue weighted by molar-refractivity contribution is 0.262. The Hall–Kier alpha value is -2.95. The van der Waals surface area contributed by atoms with Gasteiger partial charge in [-0.15, -0.1) is 0 Å². The lowest BCUT2D eigenvalue weighted by Crippen LogP contribution is -2.20. The maximum absolute atomic E-state index is 13.5. The second-order valence-corrected chi connectivity index (χ2v) is 4.73. The fourth-order valence-electron chi connectivity index (χ4n) is 2.20. The summed E-state index contributed by atoms with van der Waals surface area (Å²) in [6.07, 6.45) is 0. The maximum Gasteiger partial charge on any atom is 0.323 e. The Bertz CT molecular complexity index is 844. The van der Waals surface area contributed by atoms with Crippen LogP contribution >= 0.6 is 0 Å². The fourth-order valence-corrected chi connectivity index (χ4v) is 2.20. The third kappa shape index (κ3) is 2.88. The summed E-state index contributed by atoms with van der Waals surface area (Å²) in [4.78, 5) is 12.0. The van der Waals surface area contributed by atoms with Crippen molar-refractivity contribution in [3.8, 4) is 0 Å². The molecule has 0 radical (unpaired) electrons. The van der Waals surface area contributed by atoms with Gasteiger partial charge in [0, 0.05) is 11.5 Å². The molecule has 0 heterocycles. The molecule has 0 spiro atoms. The van der Waals surface area contributed by atoms with E-state index in [1.807, 2.05) is 36.4 Å². The largest absolute Gasteiger partial charge is 0.323 e. The van der Waals surface area contributed by atoms with Gasteiger partial charge in [-0.05, 0) is 23.6 Å². The number of carbonyl (C=O) groups excluding carboxylic acids is 1. The lowest BCUT2D eigenvalue weighted by Gasteiger charge is -2.10. The molecular weight excluding hydrogens is 286 g/mol. The molecule has 3 rings (SSSR count). The molecule has 0 fully saturated rings. The summed E-state index contributed by atoms with van der Waals surface area (Å²) in [6, 6.07) is 15.4. The molecule has 0 saturated carbocycles. The van der Waals surface area contributed by atoms with E-state index in [9.17, 15) is 13.6 Å². The standard InChI is InChI=1S/C17H12F2N2O/c18-12-8-9-16(14(19)10-12)21-17(22)20-15-7-3-5-11-4-1-2-6-13(11)15/h1-10H,(H2,20,21,22). The average Bonchev–Trinajstić information content (AvgIpc) is 2.50. The van der Waals surface area contributed by atoms with E-state index in [1.165, 1.54) is 6.07 Å². The first kappa shape index (κ1) is 14.0. The van der Waals surface area contributed by atoms with Gasteiger partial charge in [0.2, 0.25) is 0 Å². The summed E-state index contributed by atoms with van der Waals surface area (Å²) < 4.78 is 26.4. The molecule has 3 nitrogen and oxygen atoms in total. The Morgan fingerprint density at radius 3 is 2.36 bits per heavy atom. The molecule has 5 heteroatoms. The quantitative estimate of drug-likeness (QED) is 0.703. The molecule has 0 unspecified atom stereocenters. The smallest absolute Gasteiger partial charge is 0.307 e. The summed E-state index contributed by atoms with van der Waals surface area (Å²) in [6.45, 7) is 0. The van der Waals surface area contributed by atoms with Crippen molar-refractivity contribution in [3.63, 3.8) is 0 Å². The fraction of sp³-hybridized carbons (Fsp3) is 0. The SMILES string of the molecule is O=C(Nc1ccc(F)cc1F)Nc1cccc2ccccc12. The van der Waals surface area contributed by atoms with E-state index in [1.54, 1.807) is 6.07 Å². The van der Waals surface area contributed by atoms with Gasteiger partial charge in [0.15, 0.2) is 0 Å². The van der Waals surface area contributed by atoms with Crippen molar-refractivity contribution in [2.75, 3.05) is 10.6 Å². The number of carbonyl (C=O) groups is 1. The molecule has 0 aliphatic heterocycles. The third-order valence-electron chi connectivity index (χ3n) is 3.22. The number of hydrogen-bond donors (Lipinski definition) is 2. The minimum absolute atomic E-state index is 0.0841. The monoisotopic (exact) mass is 298 g/mol. The summed E-state index contributed by atoms with van der Waals surface area (Å²) in [5.41, 5.74) is 0.525. The van der Waals surface area contributed by atoms with Gasteiger partial charge in [-0.3, -0.25) is 0 Å². The summed E-state index contributed by atoms with van der Waals surface area (Å²) in [5.74, 6) is -1.52. The van der Waals surface area contributed by atoms with Crippen LogP contribution in [0.4, 0.5) is 25.0 Å². The van der Waals surface area contributed by atoms with Crippen molar-refractivity contribution < 1.29 is 13.6 Å². The first-order chi connectivity index (χ1) is 10.6. The zero-order valence-corrected chi connectivity index (χ0v) is 11.4. The van der Waals surface area contributed by atoms with Crippen LogP contribution in [0.15, 0.2) is 60.7 Å². The highest BCUT2D eigenvalue weighted by Crippen LogP contribution is 2.23. The lowest BCUT2D eigenvalue weighted by atomic mass is 10.1. The first-order valence-corrected chi connectivity index (χ1v) is 6.64. The maximum atomic E-state index is 13.5. The van der Waals surface area contributed by atoms with E-state index in [-0.39, 0.29) is 5.69 Å². The Balaban J connectivity index is 1.81. The van der Waals surface area contributed by atoms with Crippen LogP contribution in [0.1, 0.15) is 0 Å². The van der Waals surface area contributed by atoms with Crippen LogP contribution in [0.2, 0.25) is 0 Å². The van der Waals surface area contributed by atoms with Gasteiger partial charge in [0.1, 0.15) is 11.6 Å². The van der Waals surface area contributed by atoms with Crippen LogP contribution in [0.25, 0.3) is 10.8 Å². The highest BCUT2D eigenvalue weighted by Gasteiger charge is 2.09. The highest BCUT2D eigenvalue weighted by atomic mass is 19.1. The van der Waals surface area contributed by atoms with E-state index < -0.39 is 17.7 Å². The van der Waals surface area contributed by atoms with Gasteiger partial charge >= 0.3 is 6.03 Å². The number of nitrogens with one attached hydrogen (secondary N) is 2. The molecule has 110 valence electrons. The Morgan fingerprint density at radius 2 is 1.55 bits per heavy atom. The number of fused-ring (bicyclic) bond motifs is 1. The number of urea groups is 1. The molecule has 2 amide bonds. The molecular formula is C17H12F2N2O. The van der Waals surface area contributed by atoms with Crippen molar-refractivity contribution in [1.29, 1.82) is 0 Å². The molecule has 0 bridgehead atoms. The second-order valence-electron chi connectivity index (χ2n) is 4.73. The third-order valence-corrected chi connectivity index (χ3v) is 3.22. The van der Waals surface area contributed by atoms with E-state index >= 15 is 0 Å². The predicted octanol–water partition coefficient (Wildman–Crippen LogP) is 4.76. The van der Waals surface area contributed by atoms with Gasteiger partial charge in [0.25, 0.3) is 0 Å². The van der Waals surface area contributed by atoms with E-state index in [4.69, 9.17) is 0 Å². The molecule has 0 saturated heterocycles. The molecule has 0 atom stereocenters. The molecule has 0 aliphatic carbocycles. The Morgan fingerprint density at radius 1 is 0.818 bits per heavy atom. The van der Waals surface area contributed by atoms with E-state index in [0.29, 0.717) is 11.8 Å². The van der Waals surface area contributed by atoms with Crippen molar-refractivity contribution in [3.05, 3.63) is 72.3 Å². The molecule has 2 N–H and O–H groups in total. The van der Waals surface area contributed by atoms with Crippen molar-refractivity contribution in [2.45, 2.75) is 0 Å². The van der Waals surface area contributed by atoms with Gasteiger partial charge < -0.3 is 10.6 Å². The molecule has 0 aromatic heterocycles. The zero-order chi connectivity index (χ0) is 15.5. The first-order valence-electron chi connectivity index (χ1n) is 6.64. The van der Waals surface area contributed by atoms with Crippen LogP contribution in [0, 0.1) is 11.6 Å². The molecule has 22 heavy (non-hydrogen) atoms. The minimum atomic E-state index is -0.826. The van der Waals surface area contributed by atoms with Crippen molar-refractivity contribution >= 4 is 28.2 Å². The molecule has 3 aromatic carbocycles. The average molecular weight is 298 g/mol. The van der Waals surface area contributed by atoms with Crippen LogP contribution in [0.5, 0.6) is 0 Å². The van der Waals surface area contributed by atoms with Crippen LogP contribution in [0.3, 0.4) is 0 Å². The Labute approximate surface area is 125 Å². The number of hydrogen-bond acceptors (Lipinski definition) is 1. The molecule has 0 aliphatic rings. The summed E-state index contributed by atoms with van der Waals surface area (Å²) in [5, 5.41) is 6.88. The highest BCUT2D eigenvalue weighted by molar-refractivity contribution is 6.06. The van der Waals surface area contributed by atoms with Gasteiger partial charge in [0.05, 0.1) is 11.4 Å². The number of halogens is 2. The normalized spacial score (nSPS) is 10.5. The number of rotatable bonds is 2.